The lowest BCUT2D eigenvalue weighted by Gasteiger charge is -2.05. The minimum Gasteiger partial charge on any atom is -0.394 e. The Balaban J connectivity index is 2.19. The van der Waals surface area contributed by atoms with Gasteiger partial charge in [-0.05, 0) is 24.3 Å². The third kappa shape index (κ3) is 5.79. The first kappa shape index (κ1) is 14.1. The Morgan fingerprint density at radius 2 is 2.00 bits per heavy atom. The number of carbonyl (C=O) groups is 1. The number of Topliss-reactive ketones (excluding diaryl/α,β-unsaturated/α-hetero) is 1. The largest absolute Gasteiger partial charge is 0.394 e. The minimum absolute atomic E-state index is 0.0174. The number of carbonyl (C=O) groups excluding carboxylic acids is 1. The maximum Gasteiger partial charge on any atom is 0.176 e. The monoisotopic (exact) mass is 257 g/mol. The molecule has 0 aromatic heterocycles. The summed E-state index contributed by atoms with van der Waals surface area (Å²) in [7, 11) is 0. The highest BCUT2D eigenvalue weighted by Gasteiger charge is 2.04. The molecule has 1 aromatic rings. The molecule has 4 nitrogen and oxygen atoms in total. The summed E-state index contributed by atoms with van der Waals surface area (Å²) in [5, 5.41) is 12.1. The number of aliphatic hydroxyl groups is 1. The van der Waals surface area contributed by atoms with E-state index >= 15 is 0 Å². The smallest absolute Gasteiger partial charge is 0.176 e. The molecule has 0 aliphatic rings. The molecule has 0 heterocycles. The summed E-state index contributed by atoms with van der Waals surface area (Å²) in [5.41, 5.74) is 0.637. The van der Waals surface area contributed by atoms with Crippen molar-refractivity contribution in [2.24, 2.45) is 0 Å². The average Bonchev–Trinajstić information content (AvgIpc) is 2.34. The van der Waals surface area contributed by atoms with Gasteiger partial charge in [0.15, 0.2) is 5.78 Å². The lowest BCUT2D eigenvalue weighted by atomic mass is 10.1. The van der Waals surface area contributed by atoms with Crippen molar-refractivity contribution >= 4 is 17.4 Å². The van der Waals surface area contributed by atoms with Crippen LogP contribution in [0.15, 0.2) is 24.3 Å². The van der Waals surface area contributed by atoms with Gasteiger partial charge in [-0.1, -0.05) is 11.6 Å². The van der Waals surface area contributed by atoms with Crippen molar-refractivity contribution in [1.29, 1.82) is 0 Å². The molecule has 0 atom stereocenters. The van der Waals surface area contributed by atoms with Gasteiger partial charge >= 0.3 is 0 Å². The molecule has 0 amide bonds. The van der Waals surface area contributed by atoms with E-state index < -0.39 is 0 Å². The predicted molar refractivity (Wildman–Crippen MR) is 66.6 cm³/mol. The Kier molecular flexibility index (Phi) is 6.81. The number of nitrogens with one attached hydrogen (secondary N) is 1. The molecule has 0 aliphatic carbocycles. The second-order valence-corrected chi connectivity index (χ2v) is 3.88. The predicted octanol–water partition coefficient (Wildman–Crippen LogP) is 1.12. The molecule has 0 spiro atoms. The zero-order valence-electron chi connectivity index (χ0n) is 9.49. The second-order valence-electron chi connectivity index (χ2n) is 3.44. The topological polar surface area (TPSA) is 58.6 Å². The highest BCUT2D eigenvalue weighted by Crippen LogP contribution is 2.09. The maximum atomic E-state index is 11.7. The van der Waals surface area contributed by atoms with Gasteiger partial charge in [-0.15, -0.1) is 0 Å². The fourth-order valence-electron chi connectivity index (χ4n) is 1.25. The van der Waals surface area contributed by atoms with Gasteiger partial charge in [0.1, 0.15) is 0 Å². The molecule has 0 unspecified atom stereocenters. The Morgan fingerprint density at radius 1 is 1.29 bits per heavy atom. The van der Waals surface area contributed by atoms with Crippen LogP contribution in [0.1, 0.15) is 10.4 Å². The van der Waals surface area contributed by atoms with Gasteiger partial charge in [-0.3, -0.25) is 4.79 Å². The Labute approximate surface area is 106 Å². The molecular formula is C12H16ClNO3. The van der Waals surface area contributed by atoms with E-state index in [1.165, 1.54) is 0 Å². The molecule has 0 saturated carbocycles. The van der Waals surface area contributed by atoms with Crippen LogP contribution in [0.3, 0.4) is 0 Å². The van der Waals surface area contributed by atoms with Gasteiger partial charge in [-0.25, -0.2) is 0 Å². The van der Waals surface area contributed by atoms with Gasteiger partial charge in [0, 0.05) is 17.1 Å². The molecule has 0 fully saturated rings. The van der Waals surface area contributed by atoms with Crippen molar-refractivity contribution in [1.82, 2.24) is 5.32 Å². The minimum atomic E-state index is 0.0174. The first-order valence-corrected chi connectivity index (χ1v) is 5.80. The lowest BCUT2D eigenvalue weighted by Crippen LogP contribution is -2.26. The summed E-state index contributed by atoms with van der Waals surface area (Å²) < 4.78 is 5.04. The van der Waals surface area contributed by atoms with E-state index in [1.807, 2.05) is 0 Å². The number of hydrogen-bond donors (Lipinski definition) is 2. The van der Waals surface area contributed by atoms with Crippen LogP contribution in [0.25, 0.3) is 0 Å². The van der Waals surface area contributed by atoms with Crippen LogP contribution in [0, 0.1) is 0 Å². The molecule has 2 N–H and O–H groups in total. The van der Waals surface area contributed by atoms with Crippen LogP contribution >= 0.6 is 11.6 Å². The third-order valence-corrected chi connectivity index (χ3v) is 2.36. The molecule has 1 aromatic carbocycles. The van der Waals surface area contributed by atoms with E-state index in [0.29, 0.717) is 30.3 Å². The molecule has 0 saturated heterocycles. The Bertz CT molecular complexity index is 340. The van der Waals surface area contributed by atoms with Crippen molar-refractivity contribution in [2.45, 2.75) is 0 Å². The third-order valence-electron chi connectivity index (χ3n) is 2.11. The van der Waals surface area contributed by atoms with Crippen molar-refractivity contribution in [3.05, 3.63) is 34.9 Å². The van der Waals surface area contributed by atoms with Crippen LogP contribution in [-0.2, 0) is 4.74 Å². The summed E-state index contributed by atoms with van der Waals surface area (Å²) in [4.78, 5) is 11.7. The Hall–Kier alpha value is -0.940. The standard InChI is InChI=1S/C12H16ClNO3/c13-11-3-1-10(2-4-11)12(16)9-14-5-7-17-8-6-15/h1-4,14-15H,5-9H2. The average molecular weight is 258 g/mol. The van der Waals surface area contributed by atoms with E-state index in [9.17, 15) is 4.79 Å². The number of benzene rings is 1. The maximum absolute atomic E-state index is 11.7. The SMILES string of the molecule is O=C(CNCCOCCO)c1ccc(Cl)cc1. The second kappa shape index (κ2) is 8.20. The summed E-state index contributed by atoms with van der Waals surface area (Å²) in [6.07, 6.45) is 0. The van der Waals surface area contributed by atoms with E-state index in [2.05, 4.69) is 5.32 Å². The van der Waals surface area contributed by atoms with Crippen LogP contribution < -0.4 is 5.32 Å². The zero-order chi connectivity index (χ0) is 12.5. The van der Waals surface area contributed by atoms with Crippen molar-refractivity contribution < 1.29 is 14.6 Å². The molecule has 0 aliphatic heterocycles. The number of aliphatic hydroxyl groups excluding tert-OH is 1. The summed E-state index contributed by atoms with van der Waals surface area (Å²) >= 11 is 5.73. The normalized spacial score (nSPS) is 10.5. The van der Waals surface area contributed by atoms with E-state index in [4.69, 9.17) is 21.4 Å². The summed E-state index contributed by atoms with van der Waals surface area (Å²) in [6.45, 7) is 1.68. The highest BCUT2D eigenvalue weighted by atomic mass is 35.5. The quantitative estimate of drug-likeness (QED) is 0.541. The first-order valence-electron chi connectivity index (χ1n) is 5.42. The van der Waals surface area contributed by atoms with E-state index in [-0.39, 0.29) is 18.9 Å². The molecule has 0 radical (unpaired) electrons. The molecule has 5 heteroatoms. The molecule has 0 bridgehead atoms. The number of ketones is 1. The Morgan fingerprint density at radius 3 is 2.65 bits per heavy atom. The van der Waals surface area contributed by atoms with Crippen LogP contribution in [0.4, 0.5) is 0 Å². The molecule has 17 heavy (non-hydrogen) atoms. The molecule has 94 valence electrons. The van der Waals surface area contributed by atoms with Crippen molar-refractivity contribution in [2.75, 3.05) is 32.9 Å². The van der Waals surface area contributed by atoms with Gasteiger partial charge in [-0.2, -0.15) is 0 Å². The number of rotatable bonds is 8. The van der Waals surface area contributed by atoms with Crippen molar-refractivity contribution in [3.8, 4) is 0 Å². The van der Waals surface area contributed by atoms with Gasteiger partial charge in [0.25, 0.3) is 0 Å². The summed E-state index contributed by atoms with van der Waals surface area (Å²) in [6, 6.07) is 6.79. The first-order chi connectivity index (χ1) is 8.24. The molecule has 1 rings (SSSR count). The number of ether oxygens (including phenoxy) is 1. The van der Waals surface area contributed by atoms with E-state index in [1.54, 1.807) is 24.3 Å². The van der Waals surface area contributed by atoms with Crippen LogP contribution in [-0.4, -0.2) is 43.8 Å². The summed E-state index contributed by atoms with van der Waals surface area (Å²) in [5.74, 6) is 0.0174. The number of hydrogen-bond acceptors (Lipinski definition) is 4. The fraction of sp³-hybridized carbons (Fsp3) is 0.417. The van der Waals surface area contributed by atoms with Gasteiger partial charge in [0.05, 0.1) is 26.4 Å². The molecular weight excluding hydrogens is 242 g/mol. The van der Waals surface area contributed by atoms with Crippen LogP contribution in [0.2, 0.25) is 5.02 Å². The lowest BCUT2D eigenvalue weighted by molar-refractivity contribution is 0.0906. The van der Waals surface area contributed by atoms with Gasteiger partial charge < -0.3 is 15.2 Å². The highest BCUT2D eigenvalue weighted by molar-refractivity contribution is 6.30. The van der Waals surface area contributed by atoms with Crippen LogP contribution in [0.5, 0.6) is 0 Å². The zero-order valence-corrected chi connectivity index (χ0v) is 10.2. The van der Waals surface area contributed by atoms with Gasteiger partial charge in [0.2, 0.25) is 0 Å². The van der Waals surface area contributed by atoms with Crippen molar-refractivity contribution in [3.63, 3.8) is 0 Å². The number of halogens is 1. The fourth-order valence-corrected chi connectivity index (χ4v) is 1.38. The van der Waals surface area contributed by atoms with E-state index in [0.717, 1.165) is 0 Å².